The maximum atomic E-state index is 12.1. The van der Waals surface area contributed by atoms with Crippen LogP contribution in [0.2, 0.25) is 0 Å². The van der Waals surface area contributed by atoms with E-state index in [2.05, 4.69) is 38.2 Å². The van der Waals surface area contributed by atoms with Gasteiger partial charge in [-0.1, -0.05) is 0 Å². The van der Waals surface area contributed by atoms with Gasteiger partial charge in [0.15, 0.2) is 5.11 Å². The number of nitrogens with one attached hydrogen (secondary N) is 2. The van der Waals surface area contributed by atoms with Crippen LogP contribution in [0.25, 0.3) is 0 Å². The Balaban J connectivity index is 2.00. The van der Waals surface area contributed by atoms with Gasteiger partial charge in [-0.15, -0.1) is 0 Å². The minimum absolute atomic E-state index is 0.206. The van der Waals surface area contributed by atoms with Gasteiger partial charge in [0.2, 0.25) is 0 Å². The summed E-state index contributed by atoms with van der Waals surface area (Å²) >= 11 is 7.33. The Kier molecular flexibility index (Phi) is 5.67. The van der Waals surface area contributed by atoms with Crippen molar-refractivity contribution in [3.05, 3.63) is 51.2 Å². The molecular formula is C15H14IN3O2S. The van der Waals surface area contributed by atoms with Crippen LogP contribution >= 0.6 is 34.8 Å². The number of hydrogen-bond donors (Lipinski definition) is 2. The SMILES string of the molecule is COc1ccc(C(=O)NC(=S)Nc2ncc(I)cc2C)cc1. The number of carbonyl (C=O) groups excluding carboxylic acids is 1. The summed E-state index contributed by atoms with van der Waals surface area (Å²) in [7, 11) is 1.57. The Labute approximate surface area is 147 Å². The highest BCUT2D eigenvalue weighted by Gasteiger charge is 2.09. The normalized spacial score (nSPS) is 9.95. The van der Waals surface area contributed by atoms with Gasteiger partial charge in [-0.25, -0.2) is 4.98 Å². The highest BCUT2D eigenvalue weighted by molar-refractivity contribution is 14.1. The number of benzene rings is 1. The van der Waals surface area contributed by atoms with E-state index >= 15 is 0 Å². The van der Waals surface area contributed by atoms with Crippen LogP contribution in [0.1, 0.15) is 15.9 Å². The Morgan fingerprint density at radius 2 is 2.00 bits per heavy atom. The molecule has 0 unspecified atom stereocenters. The van der Waals surface area contributed by atoms with Crippen LogP contribution in [0, 0.1) is 10.5 Å². The summed E-state index contributed by atoms with van der Waals surface area (Å²) in [6.07, 6.45) is 1.73. The molecule has 5 nitrogen and oxygen atoms in total. The molecule has 0 saturated heterocycles. The molecule has 114 valence electrons. The van der Waals surface area contributed by atoms with E-state index in [0.717, 1.165) is 9.13 Å². The summed E-state index contributed by atoms with van der Waals surface area (Å²) in [5.41, 5.74) is 1.45. The summed E-state index contributed by atoms with van der Waals surface area (Å²) in [4.78, 5) is 16.3. The first kappa shape index (κ1) is 16.6. The maximum absolute atomic E-state index is 12.1. The van der Waals surface area contributed by atoms with E-state index in [1.165, 1.54) is 0 Å². The second-order valence-corrected chi connectivity index (χ2v) is 6.11. The maximum Gasteiger partial charge on any atom is 0.257 e. The van der Waals surface area contributed by atoms with Gasteiger partial charge in [-0.2, -0.15) is 0 Å². The van der Waals surface area contributed by atoms with Crippen LogP contribution in [0.4, 0.5) is 5.82 Å². The topological polar surface area (TPSA) is 63.2 Å². The largest absolute Gasteiger partial charge is 0.497 e. The lowest BCUT2D eigenvalue weighted by molar-refractivity contribution is 0.0977. The Bertz CT molecular complexity index is 704. The summed E-state index contributed by atoms with van der Waals surface area (Å²) in [6.45, 7) is 1.92. The molecule has 0 bridgehead atoms. The lowest BCUT2D eigenvalue weighted by Gasteiger charge is -2.11. The molecule has 2 rings (SSSR count). The monoisotopic (exact) mass is 427 g/mol. The summed E-state index contributed by atoms with van der Waals surface area (Å²) < 4.78 is 6.09. The zero-order valence-corrected chi connectivity index (χ0v) is 15.0. The fourth-order valence-electron chi connectivity index (χ4n) is 1.73. The van der Waals surface area contributed by atoms with Gasteiger partial charge >= 0.3 is 0 Å². The third-order valence-electron chi connectivity index (χ3n) is 2.86. The quantitative estimate of drug-likeness (QED) is 0.582. The molecule has 0 fully saturated rings. The summed E-state index contributed by atoms with van der Waals surface area (Å²) in [5, 5.41) is 5.75. The fourth-order valence-corrected chi connectivity index (χ4v) is 2.52. The van der Waals surface area contributed by atoms with Gasteiger partial charge in [-0.3, -0.25) is 10.1 Å². The van der Waals surface area contributed by atoms with Crippen molar-refractivity contribution in [1.29, 1.82) is 0 Å². The minimum atomic E-state index is -0.289. The van der Waals surface area contributed by atoms with Crippen LogP contribution < -0.4 is 15.4 Å². The number of halogens is 1. The predicted molar refractivity (Wildman–Crippen MR) is 98.4 cm³/mol. The number of aromatic nitrogens is 1. The number of pyridine rings is 1. The van der Waals surface area contributed by atoms with Crippen molar-refractivity contribution in [2.45, 2.75) is 6.92 Å². The average molecular weight is 427 g/mol. The average Bonchev–Trinajstić information content (AvgIpc) is 2.50. The van der Waals surface area contributed by atoms with Crippen molar-refractivity contribution in [3.63, 3.8) is 0 Å². The molecule has 22 heavy (non-hydrogen) atoms. The van der Waals surface area contributed by atoms with Crippen LogP contribution in [0.15, 0.2) is 36.5 Å². The fraction of sp³-hybridized carbons (Fsp3) is 0.133. The summed E-state index contributed by atoms with van der Waals surface area (Å²) in [5.74, 6) is 1.03. The van der Waals surface area contributed by atoms with Crippen molar-refractivity contribution in [2.24, 2.45) is 0 Å². The van der Waals surface area contributed by atoms with Gasteiger partial charge in [0, 0.05) is 15.3 Å². The smallest absolute Gasteiger partial charge is 0.257 e. The zero-order valence-electron chi connectivity index (χ0n) is 12.0. The molecule has 0 aliphatic carbocycles. The van der Waals surface area contributed by atoms with Gasteiger partial charge in [0.05, 0.1) is 7.11 Å². The van der Waals surface area contributed by atoms with Crippen molar-refractivity contribution < 1.29 is 9.53 Å². The Morgan fingerprint density at radius 1 is 1.32 bits per heavy atom. The van der Waals surface area contributed by atoms with E-state index in [1.807, 2.05) is 13.0 Å². The lowest BCUT2D eigenvalue weighted by Crippen LogP contribution is -2.34. The van der Waals surface area contributed by atoms with Crippen molar-refractivity contribution >= 4 is 51.6 Å². The number of methoxy groups -OCH3 is 1. The van der Waals surface area contributed by atoms with E-state index in [0.29, 0.717) is 17.1 Å². The molecule has 7 heteroatoms. The number of hydrogen-bond acceptors (Lipinski definition) is 4. The number of carbonyl (C=O) groups is 1. The number of anilines is 1. The second-order valence-electron chi connectivity index (χ2n) is 4.46. The second kappa shape index (κ2) is 7.50. The third-order valence-corrected chi connectivity index (χ3v) is 3.65. The van der Waals surface area contributed by atoms with Crippen molar-refractivity contribution in [1.82, 2.24) is 10.3 Å². The minimum Gasteiger partial charge on any atom is -0.497 e. The molecule has 0 aliphatic rings. The summed E-state index contributed by atoms with van der Waals surface area (Å²) in [6, 6.07) is 8.76. The first-order valence-electron chi connectivity index (χ1n) is 6.38. The number of nitrogens with zero attached hydrogens (tertiary/aromatic N) is 1. The van der Waals surface area contributed by atoms with E-state index in [4.69, 9.17) is 17.0 Å². The molecular weight excluding hydrogens is 413 g/mol. The number of aryl methyl sites for hydroxylation is 1. The number of rotatable bonds is 3. The van der Waals surface area contributed by atoms with E-state index in [9.17, 15) is 4.79 Å². The molecule has 0 spiro atoms. The van der Waals surface area contributed by atoms with Crippen LogP contribution in [-0.4, -0.2) is 23.1 Å². The highest BCUT2D eigenvalue weighted by Crippen LogP contribution is 2.14. The molecule has 2 N–H and O–H groups in total. The lowest BCUT2D eigenvalue weighted by atomic mass is 10.2. The molecule has 2 aromatic rings. The van der Waals surface area contributed by atoms with Gasteiger partial charge in [0.25, 0.3) is 5.91 Å². The standard InChI is InChI=1S/C15H14IN3O2S/c1-9-7-11(16)8-17-13(9)18-15(22)19-14(20)10-3-5-12(21-2)6-4-10/h3-8H,1-2H3,(H2,17,18,19,20,22). The number of ether oxygens (including phenoxy) is 1. The molecule has 1 amide bonds. The van der Waals surface area contributed by atoms with Crippen LogP contribution in [-0.2, 0) is 0 Å². The van der Waals surface area contributed by atoms with Crippen molar-refractivity contribution in [3.8, 4) is 5.75 Å². The van der Waals surface area contributed by atoms with Gasteiger partial charge < -0.3 is 10.1 Å². The molecule has 1 heterocycles. The van der Waals surface area contributed by atoms with E-state index in [1.54, 1.807) is 37.6 Å². The molecule has 0 radical (unpaired) electrons. The number of thiocarbonyl (C=S) groups is 1. The van der Waals surface area contributed by atoms with Crippen molar-refractivity contribution in [2.75, 3.05) is 12.4 Å². The molecule has 0 atom stereocenters. The molecule has 0 aliphatic heterocycles. The van der Waals surface area contributed by atoms with E-state index < -0.39 is 0 Å². The van der Waals surface area contributed by atoms with Gasteiger partial charge in [-0.05, 0) is 77.6 Å². The number of amides is 1. The van der Waals surface area contributed by atoms with Gasteiger partial charge in [0.1, 0.15) is 11.6 Å². The Morgan fingerprint density at radius 3 is 2.59 bits per heavy atom. The highest BCUT2D eigenvalue weighted by atomic mass is 127. The van der Waals surface area contributed by atoms with Crippen LogP contribution in [0.5, 0.6) is 5.75 Å². The van der Waals surface area contributed by atoms with Crippen LogP contribution in [0.3, 0.4) is 0 Å². The Hall–Kier alpha value is -1.74. The molecule has 1 aromatic carbocycles. The third kappa shape index (κ3) is 4.38. The molecule has 1 aromatic heterocycles. The molecule has 0 saturated carbocycles. The first-order chi connectivity index (χ1) is 10.5. The first-order valence-corrected chi connectivity index (χ1v) is 7.87. The zero-order chi connectivity index (χ0) is 16.1. The van der Waals surface area contributed by atoms with E-state index in [-0.39, 0.29) is 11.0 Å². The predicted octanol–water partition coefficient (Wildman–Crippen LogP) is 3.13.